The molecule has 14 aromatic rings. The predicted molar refractivity (Wildman–Crippen MR) is 318 cm³/mol. The number of rotatable bonds is 11. The summed E-state index contributed by atoms with van der Waals surface area (Å²) in [4.78, 5) is 9.55. The van der Waals surface area contributed by atoms with Crippen molar-refractivity contribution in [2.24, 2.45) is 0 Å². The van der Waals surface area contributed by atoms with Crippen LogP contribution in [0.2, 0.25) is 0 Å². The molecular formula is C70H50N6O. The Morgan fingerprint density at radius 2 is 0.714 bits per heavy atom. The normalized spacial score (nSPS) is 11.5. The molecule has 0 saturated carbocycles. The van der Waals surface area contributed by atoms with Gasteiger partial charge < -0.3 is 23.5 Å². The molecule has 0 amide bonds. The number of para-hydroxylation sites is 6. The van der Waals surface area contributed by atoms with Crippen molar-refractivity contribution in [3.8, 4) is 45.3 Å². The van der Waals surface area contributed by atoms with Crippen molar-refractivity contribution >= 4 is 77.7 Å². The molecule has 7 nitrogen and oxygen atoms in total. The SMILES string of the molecule is Cc1c(-c2cc(-n3c4ccccc4c4cc(N(c5ccccc5)c5ccccc5)ccc43)cc(-n3c4ccccc4c4cc(N(c5ccccc5)c5ccccc5)ccc43)c2)ccc(-c2nc(-c3ccccc3)no2)c1C. The highest BCUT2D eigenvalue weighted by atomic mass is 16.5. The van der Waals surface area contributed by atoms with E-state index < -0.39 is 0 Å². The molecule has 77 heavy (non-hydrogen) atoms. The van der Waals surface area contributed by atoms with E-state index in [2.05, 4.69) is 275 Å². The van der Waals surface area contributed by atoms with Crippen molar-refractivity contribution in [3.63, 3.8) is 0 Å². The molecule has 0 aliphatic rings. The van der Waals surface area contributed by atoms with Crippen LogP contribution in [0.3, 0.4) is 0 Å². The van der Waals surface area contributed by atoms with E-state index in [1.807, 2.05) is 30.3 Å². The maximum atomic E-state index is 5.96. The first-order chi connectivity index (χ1) is 38.0. The summed E-state index contributed by atoms with van der Waals surface area (Å²) < 4.78 is 10.8. The van der Waals surface area contributed by atoms with Crippen molar-refractivity contribution < 1.29 is 4.52 Å². The van der Waals surface area contributed by atoms with E-state index in [0.717, 1.165) is 101 Å². The highest BCUT2D eigenvalue weighted by molar-refractivity contribution is 6.12. The highest BCUT2D eigenvalue weighted by Crippen LogP contribution is 2.44. The van der Waals surface area contributed by atoms with Crippen molar-refractivity contribution in [1.82, 2.24) is 19.3 Å². The molecular weight excluding hydrogens is 941 g/mol. The van der Waals surface area contributed by atoms with Gasteiger partial charge in [0.1, 0.15) is 0 Å². The van der Waals surface area contributed by atoms with Gasteiger partial charge in [-0.05, 0) is 157 Å². The lowest BCUT2D eigenvalue weighted by Crippen LogP contribution is -2.09. The molecule has 0 saturated heterocycles. The lowest BCUT2D eigenvalue weighted by Gasteiger charge is -2.25. The van der Waals surface area contributed by atoms with E-state index in [0.29, 0.717) is 11.7 Å². The first kappa shape index (κ1) is 45.4. The fraction of sp³-hybridized carbons (Fsp3) is 0.0286. The predicted octanol–water partition coefficient (Wildman–Crippen LogP) is 18.8. The van der Waals surface area contributed by atoms with Crippen molar-refractivity contribution in [3.05, 3.63) is 278 Å². The van der Waals surface area contributed by atoms with Crippen LogP contribution in [0.1, 0.15) is 11.1 Å². The fourth-order valence-corrected chi connectivity index (χ4v) is 11.4. The van der Waals surface area contributed by atoms with Crippen LogP contribution in [-0.4, -0.2) is 19.3 Å². The molecule has 0 spiro atoms. The van der Waals surface area contributed by atoms with E-state index in [9.17, 15) is 0 Å². The third-order valence-corrected chi connectivity index (χ3v) is 15.1. The summed E-state index contributed by atoms with van der Waals surface area (Å²) in [5.74, 6) is 1.06. The third kappa shape index (κ3) is 7.92. The topological polar surface area (TPSA) is 55.3 Å². The van der Waals surface area contributed by atoms with Gasteiger partial charge in [0, 0.05) is 78.2 Å². The molecule has 366 valence electrons. The molecule has 0 aliphatic heterocycles. The van der Waals surface area contributed by atoms with Crippen molar-refractivity contribution in [2.75, 3.05) is 9.80 Å². The van der Waals surface area contributed by atoms with Crippen LogP contribution < -0.4 is 9.80 Å². The molecule has 0 bridgehead atoms. The zero-order valence-electron chi connectivity index (χ0n) is 42.5. The zero-order valence-corrected chi connectivity index (χ0v) is 42.5. The van der Waals surface area contributed by atoms with Gasteiger partial charge in [-0.1, -0.05) is 151 Å². The van der Waals surface area contributed by atoms with E-state index in [1.165, 1.54) is 21.5 Å². The van der Waals surface area contributed by atoms with Gasteiger partial charge in [0.15, 0.2) is 0 Å². The van der Waals surface area contributed by atoms with Gasteiger partial charge in [-0.3, -0.25) is 0 Å². The van der Waals surface area contributed by atoms with E-state index >= 15 is 0 Å². The number of hydrogen-bond acceptors (Lipinski definition) is 5. The molecule has 0 unspecified atom stereocenters. The zero-order chi connectivity index (χ0) is 51.4. The van der Waals surface area contributed by atoms with Crippen molar-refractivity contribution in [2.45, 2.75) is 13.8 Å². The van der Waals surface area contributed by atoms with Gasteiger partial charge >= 0.3 is 0 Å². The van der Waals surface area contributed by atoms with E-state index in [-0.39, 0.29) is 0 Å². The second kappa shape index (κ2) is 18.9. The third-order valence-electron chi connectivity index (χ3n) is 15.1. The molecule has 0 radical (unpaired) electrons. The number of anilines is 6. The highest BCUT2D eigenvalue weighted by Gasteiger charge is 2.23. The maximum absolute atomic E-state index is 5.96. The van der Waals surface area contributed by atoms with Crippen LogP contribution in [0.4, 0.5) is 34.1 Å². The van der Waals surface area contributed by atoms with Gasteiger partial charge in [0.2, 0.25) is 5.82 Å². The Kier molecular flexibility index (Phi) is 11.1. The summed E-state index contributed by atoms with van der Waals surface area (Å²) in [5, 5.41) is 9.07. The van der Waals surface area contributed by atoms with E-state index in [4.69, 9.17) is 9.51 Å². The van der Waals surface area contributed by atoms with Gasteiger partial charge in [-0.25, -0.2) is 0 Å². The number of aromatic nitrogens is 4. The maximum Gasteiger partial charge on any atom is 0.258 e. The number of hydrogen-bond donors (Lipinski definition) is 0. The Labute approximate surface area is 446 Å². The number of nitrogens with zero attached hydrogens (tertiary/aromatic N) is 6. The average molecular weight is 991 g/mol. The summed E-state index contributed by atoms with van der Waals surface area (Å²) in [6.45, 7) is 4.36. The lowest BCUT2D eigenvalue weighted by molar-refractivity contribution is 0.432. The minimum atomic E-state index is 0.496. The number of benzene rings is 11. The summed E-state index contributed by atoms with van der Waals surface area (Å²) >= 11 is 0. The van der Waals surface area contributed by atoms with Gasteiger partial charge in [0.25, 0.3) is 5.89 Å². The molecule has 14 rings (SSSR count). The first-order valence-corrected chi connectivity index (χ1v) is 26.1. The van der Waals surface area contributed by atoms with Crippen LogP contribution in [0.15, 0.2) is 271 Å². The molecule has 0 fully saturated rings. The quantitative estimate of drug-likeness (QED) is 0.129. The van der Waals surface area contributed by atoms with Crippen molar-refractivity contribution in [1.29, 1.82) is 0 Å². The second-order valence-electron chi connectivity index (χ2n) is 19.6. The Balaban J connectivity index is 0.988. The molecule has 0 N–H and O–H groups in total. The van der Waals surface area contributed by atoms with Crippen LogP contribution in [0, 0.1) is 13.8 Å². The summed E-state index contributed by atoms with van der Waals surface area (Å²) in [7, 11) is 0. The molecule has 0 aliphatic carbocycles. The summed E-state index contributed by atoms with van der Waals surface area (Å²) in [6.07, 6.45) is 0. The molecule has 3 aromatic heterocycles. The fourth-order valence-electron chi connectivity index (χ4n) is 11.4. The minimum Gasteiger partial charge on any atom is -0.334 e. The Morgan fingerprint density at radius 1 is 0.325 bits per heavy atom. The van der Waals surface area contributed by atoms with Gasteiger partial charge in [-0.2, -0.15) is 4.98 Å². The number of fused-ring (bicyclic) bond motifs is 6. The van der Waals surface area contributed by atoms with Crippen LogP contribution in [0.5, 0.6) is 0 Å². The average Bonchev–Trinajstić information content (AvgIpc) is 4.24. The summed E-state index contributed by atoms with van der Waals surface area (Å²) in [5.41, 5.74) is 19.3. The Hall–Kier alpha value is -10.2. The Bertz CT molecular complexity index is 4170. The summed E-state index contributed by atoms with van der Waals surface area (Å²) in [6, 6.07) is 95.3. The lowest BCUT2D eigenvalue weighted by atomic mass is 9.93. The molecule has 3 heterocycles. The van der Waals surface area contributed by atoms with Gasteiger partial charge in [-0.15, -0.1) is 0 Å². The van der Waals surface area contributed by atoms with Crippen LogP contribution in [0.25, 0.3) is 89.0 Å². The standard InChI is InChI=1S/C70H50N6O/c1-47-48(2)60(70-71-69(72-77-70)49-22-8-3-9-23-49)39-38-59(47)50-42-57(75-65-34-20-18-32-61(65)63-45-55(36-40-67(63)75)73(51-24-10-4-11-25-51)52-26-12-5-13-27-52)44-58(43-50)76-66-35-21-19-33-62(66)64-46-56(37-41-68(64)76)74(53-28-14-6-15-29-53)54-30-16-7-17-31-54/h3-46H,1-2H3. The minimum absolute atomic E-state index is 0.496. The smallest absolute Gasteiger partial charge is 0.258 e. The van der Waals surface area contributed by atoms with Crippen LogP contribution in [-0.2, 0) is 0 Å². The second-order valence-corrected chi connectivity index (χ2v) is 19.6. The Morgan fingerprint density at radius 3 is 1.18 bits per heavy atom. The van der Waals surface area contributed by atoms with Crippen LogP contribution >= 0.6 is 0 Å². The molecule has 11 aromatic carbocycles. The molecule has 7 heteroatoms. The first-order valence-electron chi connectivity index (χ1n) is 26.1. The monoisotopic (exact) mass is 990 g/mol. The molecule has 0 atom stereocenters. The van der Waals surface area contributed by atoms with Gasteiger partial charge in [0.05, 0.1) is 22.1 Å². The van der Waals surface area contributed by atoms with E-state index in [1.54, 1.807) is 0 Å². The largest absolute Gasteiger partial charge is 0.334 e.